The number of rotatable bonds is 8. The number of halogens is 1. The fourth-order valence-corrected chi connectivity index (χ4v) is 3.38. The third kappa shape index (κ3) is 6.92. The van der Waals surface area contributed by atoms with Crippen LogP contribution >= 0.6 is 24.0 Å². The van der Waals surface area contributed by atoms with Crippen molar-refractivity contribution in [3.63, 3.8) is 0 Å². The van der Waals surface area contributed by atoms with Gasteiger partial charge in [-0.1, -0.05) is 42.5 Å². The zero-order chi connectivity index (χ0) is 22.2. The summed E-state index contributed by atoms with van der Waals surface area (Å²) in [7, 11) is 0. The smallest absolute Gasteiger partial charge is 0.226 e. The number of nitrogens with one attached hydrogen (secondary N) is 2. The molecule has 2 aromatic heterocycles. The van der Waals surface area contributed by atoms with E-state index in [1.54, 1.807) is 6.26 Å². The molecule has 0 spiro atoms. The Morgan fingerprint density at radius 1 is 1.06 bits per heavy atom. The molecule has 0 saturated heterocycles. The fraction of sp³-hybridized carbons (Fsp3) is 0.240. The highest BCUT2D eigenvalue weighted by Gasteiger charge is 2.07. The first-order chi connectivity index (χ1) is 15.7. The Balaban J connectivity index is 0.00000306. The van der Waals surface area contributed by atoms with Crippen LogP contribution in [-0.2, 0) is 19.6 Å². The number of benzene rings is 2. The summed E-state index contributed by atoms with van der Waals surface area (Å²) in [4.78, 5) is 13.6. The second kappa shape index (κ2) is 12.2. The second-order valence-corrected chi connectivity index (χ2v) is 7.48. The van der Waals surface area contributed by atoms with E-state index < -0.39 is 0 Å². The van der Waals surface area contributed by atoms with E-state index in [0.29, 0.717) is 19.0 Å². The Morgan fingerprint density at radius 3 is 2.64 bits per heavy atom. The molecule has 0 bridgehead atoms. The Hall–Kier alpha value is -3.14. The third-order valence-electron chi connectivity index (χ3n) is 5.04. The van der Waals surface area contributed by atoms with Crippen molar-refractivity contribution in [1.29, 1.82) is 0 Å². The van der Waals surface area contributed by atoms with Gasteiger partial charge in [0.25, 0.3) is 0 Å². The van der Waals surface area contributed by atoms with Gasteiger partial charge in [0.15, 0.2) is 5.96 Å². The molecule has 2 aromatic carbocycles. The molecular weight excluding hydrogens is 527 g/mol. The molecule has 0 aliphatic heterocycles. The molecule has 33 heavy (non-hydrogen) atoms. The van der Waals surface area contributed by atoms with E-state index in [0.717, 1.165) is 41.7 Å². The second-order valence-electron chi connectivity index (χ2n) is 7.48. The molecule has 8 heteroatoms. The fourth-order valence-electron chi connectivity index (χ4n) is 3.38. The maximum absolute atomic E-state index is 5.62. The molecule has 0 unspecified atom stereocenters. The molecule has 0 saturated carbocycles. The van der Waals surface area contributed by atoms with Crippen LogP contribution in [0.15, 0.2) is 82.7 Å². The van der Waals surface area contributed by atoms with Crippen LogP contribution in [0.5, 0.6) is 0 Å². The van der Waals surface area contributed by atoms with Crippen LogP contribution in [0.25, 0.3) is 11.5 Å². The summed E-state index contributed by atoms with van der Waals surface area (Å²) >= 11 is 0. The van der Waals surface area contributed by atoms with Gasteiger partial charge in [0.05, 0.1) is 18.8 Å². The van der Waals surface area contributed by atoms with Crippen molar-refractivity contribution < 1.29 is 4.42 Å². The summed E-state index contributed by atoms with van der Waals surface area (Å²) in [5.41, 5.74) is 4.18. The predicted molar refractivity (Wildman–Crippen MR) is 142 cm³/mol. The molecule has 172 valence electrons. The topological polar surface area (TPSA) is 80.3 Å². The SMILES string of the molecule is CCNC(=NCc1cccc(Cn2ccnc2C)c1)NCc1coc(-c2ccccc2)n1.I. The van der Waals surface area contributed by atoms with Crippen LogP contribution in [0.1, 0.15) is 29.6 Å². The van der Waals surface area contributed by atoms with Crippen LogP contribution in [-0.4, -0.2) is 27.0 Å². The first-order valence-electron chi connectivity index (χ1n) is 10.8. The van der Waals surface area contributed by atoms with Crippen LogP contribution in [0, 0.1) is 6.92 Å². The molecular formula is C25H29IN6O. The molecule has 0 amide bonds. The molecule has 0 aliphatic rings. The van der Waals surface area contributed by atoms with Gasteiger partial charge in [0, 0.05) is 31.0 Å². The number of guanidine groups is 1. The third-order valence-corrected chi connectivity index (χ3v) is 5.04. The normalized spacial score (nSPS) is 11.2. The summed E-state index contributed by atoms with van der Waals surface area (Å²) in [5.74, 6) is 2.37. The number of hydrogen-bond acceptors (Lipinski definition) is 4. The highest BCUT2D eigenvalue weighted by atomic mass is 127. The number of aryl methyl sites for hydroxylation is 1. The van der Waals surface area contributed by atoms with Crippen molar-refractivity contribution in [1.82, 2.24) is 25.2 Å². The minimum atomic E-state index is 0. The summed E-state index contributed by atoms with van der Waals surface area (Å²) in [6.45, 7) is 6.76. The zero-order valence-corrected chi connectivity index (χ0v) is 21.2. The summed E-state index contributed by atoms with van der Waals surface area (Å²) in [6.07, 6.45) is 5.51. The van der Waals surface area contributed by atoms with Gasteiger partial charge >= 0.3 is 0 Å². The van der Waals surface area contributed by atoms with Crippen LogP contribution < -0.4 is 10.6 Å². The van der Waals surface area contributed by atoms with Crippen LogP contribution in [0.3, 0.4) is 0 Å². The molecule has 2 heterocycles. The Kier molecular flexibility index (Phi) is 9.05. The van der Waals surface area contributed by atoms with Gasteiger partial charge in [-0.3, -0.25) is 0 Å². The molecule has 2 N–H and O–H groups in total. The van der Waals surface area contributed by atoms with E-state index in [1.807, 2.05) is 49.6 Å². The first kappa shape index (κ1) is 24.5. The van der Waals surface area contributed by atoms with Gasteiger partial charge in [0.2, 0.25) is 5.89 Å². The first-order valence-corrected chi connectivity index (χ1v) is 10.8. The Labute approximate surface area is 211 Å². The zero-order valence-electron chi connectivity index (χ0n) is 18.9. The van der Waals surface area contributed by atoms with E-state index in [4.69, 9.17) is 9.41 Å². The highest BCUT2D eigenvalue weighted by molar-refractivity contribution is 14.0. The molecule has 7 nitrogen and oxygen atoms in total. The van der Waals surface area contributed by atoms with Crippen molar-refractivity contribution in [3.05, 3.63) is 95.9 Å². The van der Waals surface area contributed by atoms with E-state index >= 15 is 0 Å². The maximum atomic E-state index is 5.62. The predicted octanol–water partition coefficient (Wildman–Crippen LogP) is 4.77. The lowest BCUT2D eigenvalue weighted by Gasteiger charge is -2.11. The standard InChI is InChI=1S/C25H28N6O.HI/c1-3-26-25(29-16-23-18-32-24(30-23)22-10-5-4-6-11-22)28-15-20-8-7-9-21(14-20)17-31-13-12-27-19(31)2;/h4-14,18H,3,15-17H2,1-2H3,(H2,26,28,29);1H. The van der Waals surface area contributed by atoms with Crippen molar-refractivity contribution in [2.45, 2.75) is 33.5 Å². The van der Waals surface area contributed by atoms with Crippen LogP contribution in [0.4, 0.5) is 0 Å². The molecule has 0 aliphatic carbocycles. The molecule has 0 radical (unpaired) electrons. The quantitative estimate of drug-likeness (QED) is 0.186. The summed E-state index contributed by atoms with van der Waals surface area (Å²) < 4.78 is 7.75. The van der Waals surface area contributed by atoms with Crippen molar-refractivity contribution in [3.8, 4) is 11.5 Å². The number of aromatic nitrogens is 3. The number of hydrogen-bond donors (Lipinski definition) is 2. The van der Waals surface area contributed by atoms with Crippen molar-refractivity contribution in [2.24, 2.45) is 4.99 Å². The minimum Gasteiger partial charge on any atom is -0.444 e. The Morgan fingerprint density at radius 2 is 1.88 bits per heavy atom. The number of nitrogens with zero attached hydrogens (tertiary/aromatic N) is 4. The van der Waals surface area contributed by atoms with Gasteiger partial charge in [-0.25, -0.2) is 15.0 Å². The molecule has 0 fully saturated rings. The van der Waals surface area contributed by atoms with E-state index in [9.17, 15) is 0 Å². The molecule has 0 atom stereocenters. The van der Waals surface area contributed by atoms with Crippen molar-refractivity contribution >= 4 is 29.9 Å². The average Bonchev–Trinajstić information content (AvgIpc) is 3.46. The van der Waals surface area contributed by atoms with E-state index in [1.165, 1.54) is 5.56 Å². The number of oxazole rings is 1. The van der Waals surface area contributed by atoms with E-state index in [2.05, 4.69) is 56.4 Å². The van der Waals surface area contributed by atoms with Gasteiger partial charge < -0.3 is 19.6 Å². The monoisotopic (exact) mass is 556 g/mol. The minimum absolute atomic E-state index is 0. The van der Waals surface area contributed by atoms with Gasteiger partial charge in [-0.05, 0) is 37.1 Å². The van der Waals surface area contributed by atoms with Crippen molar-refractivity contribution in [2.75, 3.05) is 6.54 Å². The lowest BCUT2D eigenvalue weighted by Crippen LogP contribution is -2.36. The summed E-state index contributed by atoms with van der Waals surface area (Å²) in [6, 6.07) is 18.4. The van der Waals surface area contributed by atoms with Gasteiger partial charge in [-0.15, -0.1) is 24.0 Å². The van der Waals surface area contributed by atoms with Crippen LogP contribution in [0.2, 0.25) is 0 Å². The summed E-state index contributed by atoms with van der Waals surface area (Å²) in [5, 5.41) is 6.62. The van der Waals surface area contributed by atoms with Gasteiger partial charge in [0.1, 0.15) is 12.1 Å². The highest BCUT2D eigenvalue weighted by Crippen LogP contribution is 2.17. The lowest BCUT2D eigenvalue weighted by molar-refractivity contribution is 0.572. The van der Waals surface area contributed by atoms with Gasteiger partial charge in [-0.2, -0.15) is 0 Å². The average molecular weight is 556 g/mol. The lowest BCUT2D eigenvalue weighted by atomic mass is 10.1. The molecule has 4 aromatic rings. The van der Waals surface area contributed by atoms with E-state index in [-0.39, 0.29) is 24.0 Å². The Bertz CT molecular complexity index is 1170. The molecule has 4 rings (SSSR count). The number of aliphatic imine (C=N–C) groups is 1. The number of imidazole rings is 1. The largest absolute Gasteiger partial charge is 0.444 e. The maximum Gasteiger partial charge on any atom is 0.226 e.